The van der Waals surface area contributed by atoms with Gasteiger partial charge in [0.25, 0.3) is 0 Å². The van der Waals surface area contributed by atoms with E-state index in [0.717, 1.165) is 30.7 Å². The highest BCUT2D eigenvalue weighted by atomic mass is 32.2. The van der Waals surface area contributed by atoms with Crippen molar-refractivity contribution in [2.75, 3.05) is 13.1 Å². The molecule has 4 aliphatic rings. The molecule has 2 aliphatic carbocycles. The van der Waals surface area contributed by atoms with Crippen LogP contribution in [0, 0.1) is 0 Å². The fourth-order valence-electron chi connectivity index (χ4n) is 6.72. The number of hydrogen-bond donors (Lipinski definition) is 0. The molecule has 3 atom stereocenters. The Labute approximate surface area is 206 Å². The maximum absolute atomic E-state index is 6.39. The van der Waals surface area contributed by atoms with E-state index in [1.165, 1.54) is 58.4 Å². The third-order valence-electron chi connectivity index (χ3n) is 8.58. The minimum Gasteiger partial charge on any atom is -0.461 e. The molecule has 3 aromatic rings. The quantitative estimate of drug-likeness (QED) is 0.392. The summed E-state index contributed by atoms with van der Waals surface area (Å²) in [7, 11) is 0. The second-order valence-corrected chi connectivity index (χ2v) is 11.4. The van der Waals surface area contributed by atoms with Crippen molar-refractivity contribution < 1.29 is 4.42 Å². The highest BCUT2D eigenvalue weighted by Gasteiger charge is 2.60. The van der Waals surface area contributed by atoms with Gasteiger partial charge in [0.15, 0.2) is 0 Å². The van der Waals surface area contributed by atoms with Crippen LogP contribution >= 0.6 is 11.8 Å². The van der Waals surface area contributed by atoms with E-state index in [1.807, 2.05) is 11.8 Å². The van der Waals surface area contributed by atoms with Gasteiger partial charge in [-0.2, -0.15) is 0 Å². The molecule has 2 fully saturated rings. The number of hydrogen-bond acceptors (Lipinski definition) is 3. The van der Waals surface area contributed by atoms with Gasteiger partial charge in [0.1, 0.15) is 11.3 Å². The van der Waals surface area contributed by atoms with Gasteiger partial charge in [0.2, 0.25) is 0 Å². The summed E-state index contributed by atoms with van der Waals surface area (Å²) >= 11 is 1.90. The summed E-state index contributed by atoms with van der Waals surface area (Å²) in [5, 5.41) is 3.72. The summed E-state index contributed by atoms with van der Waals surface area (Å²) in [5.74, 6) is 1.62. The standard InChI is InChI=1S/C31H31NOS/c1-21-8-7-16-32(21)17-15-23-18-25-24(10-6-13-29(25)33-23)28-19-31(28)26-11-3-2-9-22(26)20-34-30-14-5-4-12-27(30)31/h2-6,10-14,18,20-21,28H,7-9,15-17,19H2,1H3/t21-,28?,31-/m1/s1. The fourth-order valence-corrected chi connectivity index (χ4v) is 7.74. The van der Waals surface area contributed by atoms with Crippen LogP contribution in [0.5, 0.6) is 0 Å². The van der Waals surface area contributed by atoms with Gasteiger partial charge in [-0.05, 0) is 90.9 Å². The Morgan fingerprint density at radius 1 is 1.15 bits per heavy atom. The van der Waals surface area contributed by atoms with E-state index in [0.29, 0.717) is 12.0 Å². The van der Waals surface area contributed by atoms with E-state index in [4.69, 9.17) is 4.42 Å². The Bertz CT molecular complexity index is 1360. The second kappa shape index (κ2) is 8.03. The van der Waals surface area contributed by atoms with Crippen molar-refractivity contribution in [2.24, 2.45) is 0 Å². The highest BCUT2D eigenvalue weighted by molar-refractivity contribution is 8.02. The zero-order valence-corrected chi connectivity index (χ0v) is 20.6. The van der Waals surface area contributed by atoms with Crippen LogP contribution in [0.15, 0.2) is 92.6 Å². The summed E-state index contributed by atoms with van der Waals surface area (Å²) in [6, 6.07) is 18.8. The van der Waals surface area contributed by atoms with Crippen LogP contribution in [0.3, 0.4) is 0 Å². The minimum atomic E-state index is 0.0768. The van der Waals surface area contributed by atoms with Crippen LogP contribution in [-0.2, 0) is 11.8 Å². The lowest BCUT2D eigenvalue weighted by Crippen LogP contribution is -2.28. The zero-order chi connectivity index (χ0) is 22.7. The van der Waals surface area contributed by atoms with Crippen molar-refractivity contribution in [3.8, 4) is 0 Å². The normalized spacial score (nSPS) is 27.9. The number of fused-ring (bicyclic) bond motifs is 5. The monoisotopic (exact) mass is 465 g/mol. The van der Waals surface area contributed by atoms with Crippen molar-refractivity contribution in [1.29, 1.82) is 0 Å². The average Bonchev–Trinajstić information content (AvgIpc) is 3.30. The van der Waals surface area contributed by atoms with Gasteiger partial charge in [-0.25, -0.2) is 0 Å². The number of benzene rings is 2. The van der Waals surface area contributed by atoms with E-state index in [2.05, 4.69) is 84.0 Å². The Kier molecular flexibility index (Phi) is 4.93. The number of rotatable bonds is 4. The fraction of sp³-hybridized carbons (Fsp3) is 0.355. The molecule has 2 nitrogen and oxygen atoms in total. The molecule has 1 aromatic heterocycles. The molecule has 0 radical (unpaired) electrons. The Hall–Kier alpha value is -2.49. The van der Waals surface area contributed by atoms with Gasteiger partial charge in [-0.3, -0.25) is 0 Å². The van der Waals surface area contributed by atoms with Crippen molar-refractivity contribution in [3.05, 3.63) is 100 Å². The van der Waals surface area contributed by atoms with Crippen LogP contribution < -0.4 is 0 Å². The third kappa shape index (κ3) is 3.21. The lowest BCUT2D eigenvalue weighted by molar-refractivity contribution is 0.266. The largest absolute Gasteiger partial charge is 0.461 e. The molecule has 1 unspecified atom stereocenters. The van der Waals surface area contributed by atoms with Crippen LogP contribution in [-0.4, -0.2) is 24.0 Å². The molecule has 0 N–H and O–H groups in total. The Morgan fingerprint density at radius 2 is 2.09 bits per heavy atom. The van der Waals surface area contributed by atoms with Gasteiger partial charge < -0.3 is 9.32 Å². The van der Waals surface area contributed by atoms with Crippen LogP contribution in [0.25, 0.3) is 11.0 Å². The number of furan rings is 1. The molecular weight excluding hydrogens is 434 g/mol. The smallest absolute Gasteiger partial charge is 0.134 e. The summed E-state index contributed by atoms with van der Waals surface area (Å²) < 4.78 is 6.39. The van der Waals surface area contributed by atoms with E-state index in [-0.39, 0.29) is 5.41 Å². The molecule has 172 valence electrons. The number of thioether (sulfide) groups is 1. The molecule has 7 rings (SSSR count). The molecule has 1 saturated carbocycles. The van der Waals surface area contributed by atoms with E-state index >= 15 is 0 Å². The van der Waals surface area contributed by atoms with E-state index in [1.54, 1.807) is 0 Å². The minimum absolute atomic E-state index is 0.0768. The van der Waals surface area contributed by atoms with Gasteiger partial charge in [-0.1, -0.05) is 60.3 Å². The average molecular weight is 466 g/mol. The summed E-state index contributed by atoms with van der Waals surface area (Å²) in [5.41, 5.74) is 7.11. The van der Waals surface area contributed by atoms with Crippen molar-refractivity contribution >= 4 is 22.7 Å². The molecule has 1 saturated heterocycles. The SMILES string of the molecule is C[C@@H]1CCCN1CCc1cc2c(C3C[C@]34C3=CC=CCC3=CSc3ccccc34)cccc2o1. The molecular formula is C31H31NOS. The maximum atomic E-state index is 6.39. The first-order chi connectivity index (χ1) is 16.7. The first-order valence-corrected chi connectivity index (χ1v) is 13.7. The summed E-state index contributed by atoms with van der Waals surface area (Å²) in [6.45, 7) is 4.69. The van der Waals surface area contributed by atoms with Crippen molar-refractivity contribution in [2.45, 2.75) is 61.3 Å². The number of likely N-dealkylation sites (tertiary alicyclic amines) is 1. The topological polar surface area (TPSA) is 16.4 Å². The lowest BCUT2D eigenvalue weighted by Gasteiger charge is -2.25. The molecule has 2 aromatic carbocycles. The Balaban J connectivity index is 1.27. The van der Waals surface area contributed by atoms with Crippen LogP contribution in [0.4, 0.5) is 0 Å². The molecule has 0 amide bonds. The number of nitrogens with zero attached hydrogens (tertiary/aromatic N) is 1. The highest BCUT2D eigenvalue weighted by Crippen LogP contribution is 2.69. The molecule has 2 aliphatic heterocycles. The maximum Gasteiger partial charge on any atom is 0.134 e. The van der Waals surface area contributed by atoms with E-state index < -0.39 is 0 Å². The number of allylic oxidation sites excluding steroid dienone is 5. The van der Waals surface area contributed by atoms with Gasteiger partial charge in [0, 0.05) is 34.7 Å². The summed E-state index contributed by atoms with van der Waals surface area (Å²) in [4.78, 5) is 4.02. The molecule has 3 heterocycles. The van der Waals surface area contributed by atoms with Gasteiger partial charge in [0.05, 0.1) is 0 Å². The van der Waals surface area contributed by atoms with Crippen molar-refractivity contribution in [3.63, 3.8) is 0 Å². The predicted octanol–water partition coefficient (Wildman–Crippen LogP) is 7.76. The van der Waals surface area contributed by atoms with Crippen molar-refractivity contribution in [1.82, 2.24) is 4.90 Å². The zero-order valence-electron chi connectivity index (χ0n) is 19.8. The molecule has 34 heavy (non-hydrogen) atoms. The van der Waals surface area contributed by atoms with Crippen LogP contribution in [0.1, 0.15) is 55.4 Å². The van der Waals surface area contributed by atoms with Gasteiger partial charge in [-0.15, -0.1) is 0 Å². The molecule has 1 spiro atoms. The van der Waals surface area contributed by atoms with Crippen LogP contribution in [0.2, 0.25) is 0 Å². The Morgan fingerprint density at radius 3 is 3.00 bits per heavy atom. The third-order valence-corrected chi connectivity index (χ3v) is 9.59. The predicted molar refractivity (Wildman–Crippen MR) is 141 cm³/mol. The molecule has 3 heteroatoms. The first kappa shape index (κ1) is 20.8. The molecule has 0 bridgehead atoms. The second-order valence-electron chi connectivity index (χ2n) is 10.4. The summed E-state index contributed by atoms with van der Waals surface area (Å²) in [6.07, 6.45) is 12.8. The first-order valence-electron chi connectivity index (χ1n) is 12.8. The van der Waals surface area contributed by atoms with Gasteiger partial charge >= 0.3 is 0 Å². The van der Waals surface area contributed by atoms with E-state index in [9.17, 15) is 0 Å². The lowest BCUT2D eigenvalue weighted by atomic mass is 9.78.